The molecule has 1 aromatic carbocycles. The molecule has 0 radical (unpaired) electrons. The summed E-state index contributed by atoms with van der Waals surface area (Å²) in [5.74, 6) is -0.673. The predicted molar refractivity (Wildman–Crippen MR) is 101 cm³/mol. The first-order chi connectivity index (χ1) is 12.0. The molecule has 3 aromatic rings. The molecule has 0 atom stereocenters. The maximum atomic E-state index is 12.5. The molecular formula is C18H17ClN2O3S. The van der Waals surface area contributed by atoms with E-state index in [1.165, 1.54) is 11.3 Å². The summed E-state index contributed by atoms with van der Waals surface area (Å²) in [5.41, 5.74) is 1.93. The van der Waals surface area contributed by atoms with Crippen molar-refractivity contribution in [1.82, 2.24) is 4.57 Å². The minimum atomic E-state index is -0.433. The summed E-state index contributed by atoms with van der Waals surface area (Å²) < 4.78 is 6.78. The van der Waals surface area contributed by atoms with Gasteiger partial charge in [0.1, 0.15) is 17.1 Å². The van der Waals surface area contributed by atoms with Crippen molar-refractivity contribution >= 4 is 50.7 Å². The van der Waals surface area contributed by atoms with Gasteiger partial charge in [0.15, 0.2) is 0 Å². The molecule has 2 aromatic heterocycles. The monoisotopic (exact) mass is 376 g/mol. The fourth-order valence-electron chi connectivity index (χ4n) is 2.52. The Bertz CT molecular complexity index is 945. The molecule has 0 unspecified atom stereocenters. The lowest BCUT2D eigenvalue weighted by atomic mass is 10.2. The van der Waals surface area contributed by atoms with Crippen molar-refractivity contribution in [3.05, 3.63) is 52.0 Å². The topological polar surface area (TPSA) is 60.3 Å². The van der Waals surface area contributed by atoms with E-state index in [0.717, 1.165) is 15.8 Å². The van der Waals surface area contributed by atoms with Crippen molar-refractivity contribution in [2.24, 2.45) is 0 Å². The maximum absolute atomic E-state index is 12.5. The van der Waals surface area contributed by atoms with E-state index in [2.05, 4.69) is 5.32 Å². The van der Waals surface area contributed by atoms with Crippen LogP contribution in [0.2, 0.25) is 5.02 Å². The number of carbonyl (C=O) groups is 2. The minimum absolute atomic E-state index is 0.0175. The van der Waals surface area contributed by atoms with Gasteiger partial charge >= 0.3 is 5.97 Å². The van der Waals surface area contributed by atoms with E-state index in [9.17, 15) is 9.59 Å². The highest BCUT2D eigenvalue weighted by Crippen LogP contribution is 2.26. The summed E-state index contributed by atoms with van der Waals surface area (Å²) in [5, 5.41) is 6.24. The van der Waals surface area contributed by atoms with Crippen LogP contribution in [-0.4, -0.2) is 23.1 Å². The molecule has 0 aliphatic rings. The van der Waals surface area contributed by atoms with Crippen molar-refractivity contribution in [1.29, 1.82) is 0 Å². The van der Waals surface area contributed by atoms with E-state index < -0.39 is 5.97 Å². The van der Waals surface area contributed by atoms with Gasteiger partial charge in [0, 0.05) is 16.1 Å². The SMILES string of the molecule is CCOC(=O)c1cc2ccsc2n1CC(=O)Nc1ccc(C)c(Cl)c1. The van der Waals surface area contributed by atoms with Gasteiger partial charge in [-0.2, -0.15) is 0 Å². The molecule has 1 N–H and O–H groups in total. The van der Waals surface area contributed by atoms with Gasteiger partial charge in [-0.15, -0.1) is 11.3 Å². The van der Waals surface area contributed by atoms with Crippen LogP contribution in [0, 0.1) is 6.92 Å². The number of aromatic nitrogens is 1. The zero-order valence-corrected chi connectivity index (χ0v) is 15.4. The quantitative estimate of drug-likeness (QED) is 0.668. The number of nitrogens with one attached hydrogen (secondary N) is 1. The number of hydrogen-bond acceptors (Lipinski definition) is 4. The Kier molecular flexibility index (Phi) is 5.11. The summed E-state index contributed by atoms with van der Waals surface area (Å²) in [6.07, 6.45) is 0. The van der Waals surface area contributed by atoms with Crippen molar-refractivity contribution in [3.63, 3.8) is 0 Å². The highest BCUT2D eigenvalue weighted by atomic mass is 35.5. The highest BCUT2D eigenvalue weighted by molar-refractivity contribution is 7.16. The Hall–Kier alpha value is -2.31. The summed E-state index contributed by atoms with van der Waals surface area (Å²) in [6.45, 7) is 3.95. The van der Waals surface area contributed by atoms with Crippen LogP contribution in [-0.2, 0) is 16.1 Å². The number of nitrogens with zero attached hydrogens (tertiary/aromatic N) is 1. The average Bonchev–Trinajstić information content (AvgIpc) is 3.14. The molecular weight excluding hydrogens is 360 g/mol. The number of esters is 1. The lowest BCUT2D eigenvalue weighted by Gasteiger charge is -2.11. The van der Waals surface area contributed by atoms with Crippen LogP contribution in [0.5, 0.6) is 0 Å². The molecule has 0 bridgehead atoms. The van der Waals surface area contributed by atoms with E-state index >= 15 is 0 Å². The molecule has 0 saturated carbocycles. The van der Waals surface area contributed by atoms with Crippen LogP contribution >= 0.6 is 22.9 Å². The number of amides is 1. The first-order valence-electron chi connectivity index (χ1n) is 7.79. The number of thiophene rings is 1. The molecule has 0 saturated heterocycles. The average molecular weight is 377 g/mol. The number of halogens is 1. The van der Waals surface area contributed by atoms with Gasteiger partial charge in [0.05, 0.1) is 6.61 Å². The molecule has 2 heterocycles. The van der Waals surface area contributed by atoms with Crippen LogP contribution in [0.15, 0.2) is 35.7 Å². The predicted octanol–water partition coefficient (Wildman–Crippen LogP) is 4.48. The number of rotatable bonds is 5. The number of aryl methyl sites for hydroxylation is 1. The molecule has 25 heavy (non-hydrogen) atoms. The number of anilines is 1. The van der Waals surface area contributed by atoms with E-state index in [0.29, 0.717) is 16.4 Å². The minimum Gasteiger partial charge on any atom is -0.461 e. The van der Waals surface area contributed by atoms with Gasteiger partial charge in [-0.05, 0) is 49.1 Å². The Morgan fingerprint density at radius 2 is 2.08 bits per heavy atom. The highest BCUT2D eigenvalue weighted by Gasteiger charge is 2.19. The third-order valence-electron chi connectivity index (χ3n) is 3.74. The molecule has 0 spiro atoms. The zero-order valence-electron chi connectivity index (χ0n) is 13.8. The van der Waals surface area contributed by atoms with Crippen LogP contribution < -0.4 is 5.32 Å². The number of hydrogen-bond donors (Lipinski definition) is 1. The number of benzene rings is 1. The van der Waals surface area contributed by atoms with E-state index in [1.54, 1.807) is 29.7 Å². The summed E-state index contributed by atoms with van der Waals surface area (Å²) in [6, 6.07) is 9.01. The van der Waals surface area contributed by atoms with Crippen molar-refractivity contribution in [3.8, 4) is 0 Å². The Morgan fingerprint density at radius 3 is 2.80 bits per heavy atom. The van der Waals surface area contributed by atoms with Crippen molar-refractivity contribution in [2.75, 3.05) is 11.9 Å². The first-order valence-corrected chi connectivity index (χ1v) is 9.05. The van der Waals surface area contributed by atoms with E-state index in [1.807, 2.05) is 24.4 Å². The lowest BCUT2D eigenvalue weighted by molar-refractivity contribution is -0.116. The molecule has 5 nitrogen and oxygen atoms in total. The third kappa shape index (κ3) is 3.70. The smallest absolute Gasteiger partial charge is 0.355 e. The Labute approximate surface area is 154 Å². The normalized spacial score (nSPS) is 10.8. The van der Waals surface area contributed by atoms with E-state index in [4.69, 9.17) is 16.3 Å². The molecule has 3 rings (SSSR count). The molecule has 0 aliphatic carbocycles. The van der Waals surface area contributed by atoms with E-state index in [-0.39, 0.29) is 19.1 Å². The Morgan fingerprint density at radius 1 is 1.28 bits per heavy atom. The van der Waals surface area contributed by atoms with Crippen molar-refractivity contribution < 1.29 is 14.3 Å². The summed E-state index contributed by atoms with van der Waals surface area (Å²) in [4.78, 5) is 25.5. The van der Waals surface area contributed by atoms with Gasteiger partial charge in [-0.25, -0.2) is 4.79 Å². The number of carbonyl (C=O) groups excluding carboxylic acids is 2. The second-order valence-corrected chi connectivity index (χ2v) is 6.83. The molecule has 130 valence electrons. The van der Waals surface area contributed by atoms with Crippen LogP contribution in [0.3, 0.4) is 0 Å². The molecule has 0 fully saturated rings. The Balaban J connectivity index is 1.84. The van der Waals surface area contributed by atoms with Crippen LogP contribution in [0.1, 0.15) is 23.0 Å². The van der Waals surface area contributed by atoms with Crippen LogP contribution in [0.25, 0.3) is 10.2 Å². The molecule has 1 amide bonds. The van der Waals surface area contributed by atoms with Gasteiger partial charge in [-0.1, -0.05) is 17.7 Å². The molecule has 0 aliphatic heterocycles. The number of fused-ring (bicyclic) bond motifs is 1. The largest absolute Gasteiger partial charge is 0.461 e. The first kappa shape index (κ1) is 17.5. The second kappa shape index (κ2) is 7.29. The number of ether oxygens (including phenoxy) is 1. The van der Waals surface area contributed by atoms with Gasteiger partial charge in [0.2, 0.25) is 5.91 Å². The lowest BCUT2D eigenvalue weighted by Crippen LogP contribution is -2.21. The second-order valence-electron chi connectivity index (χ2n) is 5.53. The van der Waals surface area contributed by atoms with Crippen LogP contribution in [0.4, 0.5) is 5.69 Å². The molecule has 7 heteroatoms. The standard InChI is InChI=1S/C18H17ClN2O3S/c1-3-24-18(23)15-8-12-6-7-25-17(12)21(15)10-16(22)20-13-5-4-11(2)14(19)9-13/h4-9H,3,10H2,1-2H3,(H,20,22). The fourth-order valence-corrected chi connectivity index (χ4v) is 3.60. The summed E-state index contributed by atoms with van der Waals surface area (Å²) in [7, 11) is 0. The van der Waals surface area contributed by atoms with Gasteiger partial charge in [0.25, 0.3) is 0 Å². The maximum Gasteiger partial charge on any atom is 0.355 e. The fraction of sp³-hybridized carbons (Fsp3) is 0.222. The third-order valence-corrected chi connectivity index (χ3v) is 5.10. The van der Waals surface area contributed by atoms with Crippen molar-refractivity contribution in [2.45, 2.75) is 20.4 Å². The summed E-state index contributed by atoms with van der Waals surface area (Å²) >= 11 is 7.57. The van der Waals surface area contributed by atoms with Gasteiger partial charge < -0.3 is 14.6 Å². The zero-order chi connectivity index (χ0) is 18.0. The van der Waals surface area contributed by atoms with Gasteiger partial charge in [-0.3, -0.25) is 4.79 Å².